The first-order valence-corrected chi connectivity index (χ1v) is 12.5. The van der Waals surface area contributed by atoms with Gasteiger partial charge in [-0.25, -0.2) is 0 Å². The number of carbonyl (C=O) groups excluding carboxylic acids is 2. The lowest BCUT2D eigenvalue weighted by Crippen LogP contribution is -2.41. The second kappa shape index (κ2) is 11.6. The SMILES string of the molecule is COc1ccc(NC(=O)[C@H](c2ccc(OC)cc2)N(Cc2ccco2)C(=O)Cc2c[nH]c3ccccc23)cc1. The minimum absolute atomic E-state index is 0.104. The molecule has 8 nitrogen and oxygen atoms in total. The maximum Gasteiger partial charge on any atom is 0.251 e. The van der Waals surface area contributed by atoms with Gasteiger partial charge in [-0.15, -0.1) is 0 Å². The van der Waals surface area contributed by atoms with E-state index in [9.17, 15) is 9.59 Å². The molecule has 0 saturated carbocycles. The van der Waals surface area contributed by atoms with Crippen molar-refractivity contribution >= 4 is 28.4 Å². The van der Waals surface area contributed by atoms with Crippen LogP contribution in [0.1, 0.15) is 22.9 Å². The molecule has 0 saturated heterocycles. The van der Waals surface area contributed by atoms with Crippen molar-refractivity contribution < 1.29 is 23.5 Å². The standard InChI is InChI=1S/C31H29N3O5/c1-37-24-13-9-21(10-14-24)30(31(36)33-23-11-15-25(38-2)16-12-23)34(20-26-6-5-17-39-26)29(35)18-22-19-32-28-8-4-3-7-27(22)28/h3-17,19,30,32H,18,20H2,1-2H3,(H,33,36)/t30-/m0/s1. The number of methoxy groups -OCH3 is 2. The average molecular weight is 524 g/mol. The van der Waals surface area contributed by atoms with Crippen LogP contribution in [0.3, 0.4) is 0 Å². The molecule has 0 bridgehead atoms. The Morgan fingerprint density at radius 2 is 1.59 bits per heavy atom. The van der Waals surface area contributed by atoms with E-state index in [0.717, 1.165) is 16.5 Å². The van der Waals surface area contributed by atoms with Crippen LogP contribution in [0.25, 0.3) is 10.9 Å². The van der Waals surface area contributed by atoms with Crippen LogP contribution in [-0.4, -0.2) is 35.9 Å². The van der Waals surface area contributed by atoms with Gasteiger partial charge >= 0.3 is 0 Å². The molecule has 2 heterocycles. The Morgan fingerprint density at radius 1 is 0.897 bits per heavy atom. The van der Waals surface area contributed by atoms with Crippen molar-refractivity contribution in [2.75, 3.05) is 19.5 Å². The van der Waals surface area contributed by atoms with E-state index in [-0.39, 0.29) is 24.8 Å². The van der Waals surface area contributed by atoms with E-state index in [1.54, 1.807) is 86.0 Å². The average Bonchev–Trinajstić information content (AvgIpc) is 3.64. The van der Waals surface area contributed by atoms with E-state index in [4.69, 9.17) is 13.9 Å². The fourth-order valence-electron chi connectivity index (χ4n) is 4.58. The van der Waals surface area contributed by atoms with Crippen molar-refractivity contribution in [2.45, 2.75) is 19.0 Å². The molecular weight excluding hydrogens is 494 g/mol. The van der Waals surface area contributed by atoms with Crippen molar-refractivity contribution in [3.05, 3.63) is 114 Å². The van der Waals surface area contributed by atoms with E-state index >= 15 is 0 Å². The van der Waals surface area contributed by atoms with Crippen LogP contribution in [-0.2, 0) is 22.6 Å². The summed E-state index contributed by atoms with van der Waals surface area (Å²) in [6.45, 7) is 0.112. The molecule has 0 radical (unpaired) electrons. The monoisotopic (exact) mass is 523 g/mol. The highest BCUT2D eigenvalue weighted by Crippen LogP contribution is 2.29. The normalized spacial score (nSPS) is 11.6. The summed E-state index contributed by atoms with van der Waals surface area (Å²) in [5.74, 6) is 1.31. The molecule has 5 aromatic rings. The number of rotatable bonds is 10. The molecule has 8 heteroatoms. The molecule has 0 aliphatic rings. The van der Waals surface area contributed by atoms with Gasteiger partial charge in [0, 0.05) is 22.8 Å². The molecule has 0 aliphatic heterocycles. The van der Waals surface area contributed by atoms with Gasteiger partial charge in [-0.05, 0) is 65.7 Å². The molecule has 3 aromatic carbocycles. The number of H-pyrrole nitrogens is 1. The topological polar surface area (TPSA) is 96.8 Å². The number of carbonyl (C=O) groups is 2. The van der Waals surface area contributed by atoms with E-state index < -0.39 is 6.04 Å². The molecule has 0 fully saturated rings. The number of benzene rings is 3. The second-order valence-electron chi connectivity index (χ2n) is 9.03. The summed E-state index contributed by atoms with van der Waals surface area (Å²) in [7, 11) is 3.16. The maximum absolute atomic E-state index is 14.0. The first-order chi connectivity index (χ1) is 19.1. The number of fused-ring (bicyclic) bond motifs is 1. The van der Waals surface area contributed by atoms with Crippen LogP contribution in [0.4, 0.5) is 5.69 Å². The zero-order chi connectivity index (χ0) is 27.2. The van der Waals surface area contributed by atoms with Crippen LogP contribution in [0.2, 0.25) is 0 Å². The van der Waals surface area contributed by atoms with Gasteiger partial charge in [0.15, 0.2) is 0 Å². The van der Waals surface area contributed by atoms with E-state index in [1.807, 2.05) is 30.5 Å². The number of nitrogens with one attached hydrogen (secondary N) is 2. The summed E-state index contributed by atoms with van der Waals surface area (Å²) in [6, 6.07) is 24.6. The maximum atomic E-state index is 14.0. The van der Waals surface area contributed by atoms with Crippen LogP contribution < -0.4 is 14.8 Å². The number of para-hydroxylation sites is 1. The zero-order valence-electron chi connectivity index (χ0n) is 21.7. The predicted molar refractivity (Wildman–Crippen MR) is 149 cm³/mol. The fraction of sp³-hybridized carbons (Fsp3) is 0.161. The van der Waals surface area contributed by atoms with E-state index in [2.05, 4.69) is 10.3 Å². The van der Waals surface area contributed by atoms with Gasteiger partial charge in [0.05, 0.1) is 33.4 Å². The minimum atomic E-state index is -0.944. The molecule has 2 amide bonds. The Bertz CT molecular complexity index is 1540. The molecule has 0 aliphatic carbocycles. The number of aromatic nitrogens is 1. The van der Waals surface area contributed by atoms with Crippen molar-refractivity contribution in [2.24, 2.45) is 0 Å². The Balaban J connectivity index is 1.52. The first-order valence-electron chi connectivity index (χ1n) is 12.5. The number of nitrogens with zero attached hydrogens (tertiary/aromatic N) is 1. The van der Waals surface area contributed by atoms with Crippen molar-refractivity contribution in [3.8, 4) is 11.5 Å². The lowest BCUT2D eigenvalue weighted by molar-refractivity contribution is -0.139. The number of furan rings is 1. The third kappa shape index (κ3) is 5.80. The molecular formula is C31H29N3O5. The third-order valence-electron chi connectivity index (χ3n) is 6.59. The van der Waals surface area contributed by atoms with Gasteiger partial charge in [-0.2, -0.15) is 0 Å². The number of ether oxygens (including phenoxy) is 2. The number of aromatic amines is 1. The lowest BCUT2D eigenvalue weighted by atomic mass is 10.0. The minimum Gasteiger partial charge on any atom is -0.497 e. The first kappa shape index (κ1) is 25.7. The van der Waals surface area contributed by atoms with Gasteiger partial charge in [0.1, 0.15) is 23.3 Å². The summed E-state index contributed by atoms with van der Waals surface area (Å²) in [5.41, 5.74) is 3.02. The van der Waals surface area contributed by atoms with Gasteiger partial charge in [-0.1, -0.05) is 30.3 Å². The Kier molecular flexibility index (Phi) is 7.63. The summed E-state index contributed by atoms with van der Waals surface area (Å²) in [6.07, 6.45) is 3.50. The summed E-state index contributed by atoms with van der Waals surface area (Å²) < 4.78 is 16.2. The Hall–Kier alpha value is -4.98. The van der Waals surface area contributed by atoms with E-state index in [1.165, 1.54) is 0 Å². The van der Waals surface area contributed by atoms with Gasteiger partial charge in [-0.3, -0.25) is 9.59 Å². The highest BCUT2D eigenvalue weighted by Gasteiger charge is 2.33. The summed E-state index contributed by atoms with van der Waals surface area (Å²) in [4.78, 5) is 32.7. The number of amides is 2. The fourth-order valence-corrected chi connectivity index (χ4v) is 4.58. The van der Waals surface area contributed by atoms with Crippen molar-refractivity contribution in [1.29, 1.82) is 0 Å². The highest BCUT2D eigenvalue weighted by molar-refractivity contribution is 5.98. The molecule has 0 spiro atoms. The molecule has 39 heavy (non-hydrogen) atoms. The number of hydrogen-bond acceptors (Lipinski definition) is 5. The summed E-state index contributed by atoms with van der Waals surface area (Å²) >= 11 is 0. The molecule has 2 N–H and O–H groups in total. The quantitative estimate of drug-likeness (QED) is 0.244. The lowest BCUT2D eigenvalue weighted by Gasteiger charge is -2.31. The van der Waals surface area contributed by atoms with Gasteiger partial charge in [0.25, 0.3) is 5.91 Å². The van der Waals surface area contributed by atoms with E-state index in [0.29, 0.717) is 28.5 Å². The molecule has 0 unspecified atom stereocenters. The van der Waals surface area contributed by atoms with Crippen LogP contribution in [0.5, 0.6) is 11.5 Å². The molecule has 198 valence electrons. The molecule has 1 atom stereocenters. The largest absolute Gasteiger partial charge is 0.497 e. The van der Waals surface area contributed by atoms with Crippen LogP contribution >= 0.6 is 0 Å². The van der Waals surface area contributed by atoms with Gasteiger partial charge < -0.3 is 29.1 Å². The third-order valence-corrected chi connectivity index (χ3v) is 6.59. The Labute approximate surface area is 226 Å². The number of hydrogen-bond donors (Lipinski definition) is 2. The van der Waals surface area contributed by atoms with Crippen LogP contribution in [0, 0.1) is 0 Å². The Morgan fingerprint density at radius 3 is 2.26 bits per heavy atom. The zero-order valence-corrected chi connectivity index (χ0v) is 21.7. The molecule has 2 aromatic heterocycles. The predicted octanol–water partition coefficient (Wildman–Crippen LogP) is 5.73. The smallest absolute Gasteiger partial charge is 0.251 e. The van der Waals surface area contributed by atoms with Gasteiger partial charge in [0.2, 0.25) is 5.91 Å². The van der Waals surface area contributed by atoms with Crippen molar-refractivity contribution in [3.63, 3.8) is 0 Å². The number of anilines is 1. The molecule has 5 rings (SSSR count). The highest BCUT2D eigenvalue weighted by atomic mass is 16.5. The second-order valence-corrected chi connectivity index (χ2v) is 9.03. The summed E-state index contributed by atoms with van der Waals surface area (Å²) in [5, 5.41) is 3.93. The van der Waals surface area contributed by atoms with Crippen molar-refractivity contribution in [1.82, 2.24) is 9.88 Å². The van der Waals surface area contributed by atoms with Crippen LogP contribution in [0.15, 0.2) is 102 Å².